The monoisotopic (exact) mass is 459 g/mol. The van der Waals surface area contributed by atoms with Gasteiger partial charge in [-0.05, 0) is 6.92 Å². The van der Waals surface area contributed by atoms with Crippen LogP contribution < -0.4 is 10.0 Å². The first-order valence-electron chi connectivity index (χ1n) is 10.7. The molecule has 0 amide bonds. The van der Waals surface area contributed by atoms with Crippen LogP contribution in [-0.2, 0) is 6.24 Å². The zero-order valence-corrected chi connectivity index (χ0v) is 21.2. The third kappa shape index (κ3) is 8.51. The second kappa shape index (κ2) is 14.2. The minimum atomic E-state index is -1.08. The van der Waals surface area contributed by atoms with Gasteiger partial charge in [-0.1, -0.05) is 24.3 Å². The first kappa shape index (κ1) is 26.3. The number of rotatable bonds is 9. The van der Waals surface area contributed by atoms with Gasteiger partial charge in [0.1, 0.15) is 0 Å². The Balaban J connectivity index is 0.000000837. The predicted octanol–water partition coefficient (Wildman–Crippen LogP) is 3.66. The number of nitrogens with zero attached hydrogens (tertiary/aromatic N) is 3. The molecule has 0 fully saturated rings. The molecule has 0 aliphatic carbocycles. The number of hydrogen-bond acceptors (Lipinski definition) is 6. The summed E-state index contributed by atoms with van der Waals surface area (Å²) in [5.74, 6) is -0.153. The van der Waals surface area contributed by atoms with Crippen molar-refractivity contribution in [2.24, 2.45) is 0 Å². The molecule has 1 aromatic heterocycles. The van der Waals surface area contributed by atoms with Gasteiger partial charge in [-0.3, -0.25) is 0 Å². The van der Waals surface area contributed by atoms with E-state index >= 15 is 0 Å². The van der Waals surface area contributed by atoms with Crippen LogP contribution in [0.1, 0.15) is 33.6 Å². The van der Waals surface area contributed by atoms with Gasteiger partial charge in [-0.2, -0.15) is 0 Å². The Kier molecular flexibility index (Phi) is 11.7. The van der Waals surface area contributed by atoms with Crippen molar-refractivity contribution < 1.29 is 11.3 Å². The van der Waals surface area contributed by atoms with Crippen molar-refractivity contribution in [3.63, 3.8) is 0 Å². The Hall–Kier alpha value is -1.99. The van der Waals surface area contributed by atoms with Crippen LogP contribution in [0.3, 0.4) is 0 Å². The first-order valence-corrected chi connectivity index (χ1v) is 11.6. The van der Waals surface area contributed by atoms with Crippen molar-refractivity contribution in [3.05, 3.63) is 66.9 Å². The van der Waals surface area contributed by atoms with E-state index in [4.69, 9.17) is 21.3 Å². The number of benzene rings is 2. The maximum absolute atomic E-state index is 8.89. The van der Waals surface area contributed by atoms with Gasteiger partial charge in [0.05, 0.1) is 0 Å². The van der Waals surface area contributed by atoms with Crippen molar-refractivity contribution in [2.75, 3.05) is 18.1 Å². The standard InChI is InChI=1S/C23H26N3O.C2H4O2.Ca/c1-18(2)26(15-9-10-16-27)21-17-24-22(19-11-5-3-6-12-19)23(25-21)20-13-7-4-8-14-20;1-2(3)4;/h3-8,11-14,17-18H,9-10,15-16H2,1-2H3;1H3,(H,3,4);/q-1;;+2/p-1. The van der Waals surface area contributed by atoms with Gasteiger partial charge in [0, 0.05) is 5.97 Å². The minimum absolute atomic E-state index is 0.358. The summed E-state index contributed by atoms with van der Waals surface area (Å²) in [7, 11) is 0. The zero-order chi connectivity index (χ0) is 23.3. The number of anilines is 1. The Bertz CT molecular complexity index is 949. The Morgan fingerprint density at radius 1 is 1.00 bits per heavy atom. The third-order valence-corrected chi connectivity index (χ3v) is 5.16. The second-order valence-electron chi connectivity index (χ2n) is 7.55. The molecule has 0 atom stereocenters. The van der Waals surface area contributed by atoms with E-state index in [1.807, 2.05) is 42.6 Å². The van der Waals surface area contributed by atoms with E-state index in [-0.39, 0.29) is 0 Å². The summed E-state index contributed by atoms with van der Waals surface area (Å²) in [5.41, 5.74) is 4.02. The van der Waals surface area contributed by atoms with Gasteiger partial charge in [0.2, 0.25) is 0 Å². The quantitative estimate of drug-likeness (QED) is 0.359. The molecule has 0 saturated carbocycles. The summed E-state index contributed by atoms with van der Waals surface area (Å²) in [5, 5.41) is 8.89. The molecule has 7 heteroatoms. The van der Waals surface area contributed by atoms with Gasteiger partial charge < -0.3 is 9.90 Å². The fourth-order valence-electron chi connectivity index (χ4n) is 3.25. The summed E-state index contributed by atoms with van der Waals surface area (Å²) < 4.78 is 5.31. The molecular formula is C25H29CaN3O3. The summed E-state index contributed by atoms with van der Waals surface area (Å²) in [4.78, 5) is 21.1. The molecule has 2 aromatic carbocycles. The number of unbranched alkanes of at least 4 members (excludes halogenated alkanes) is 1. The van der Waals surface area contributed by atoms with Crippen molar-refractivity contribution in [2.45, 2.75) is 39.7 Å². The van der Waals surface area contributed by atoms with Crippen LogP contribution in [0, 0.1) is 0 Å². The van der Waals surface area contributed by atoms with Crippen LogP contribution in [0.5, 0.6) is 0 Å². The number of carboxylic acids is 1. The fraction of sp³-hybridized carbons (Fsp3) is 0.320. The average molecular weight is 460 g/mol. The van der Waals surface area contributed by atoms with E-state index in [0.717, 1.165) is 97.6 Å². The third-order valence-electron chi connectivity index (χ3n) is 4.71. The molecule has 6 nitrogen and oxygen atoms in total. The predicted molar refractivity (Wildman–Crippen MR) is 127 cm³/mol. The van der Waals surface area contributed by atoms with E-state index in [9.17, 15) is 0 Å². The van der Waals surface area contributed by atoms with E-state index in [2.05, 4.69) is 43.0 Å². The Morgan fingerprint density at radius 2 is 1.53 bits per heavy atom. The van der Waals surface area contributed by atoms with Crippen LogP contribution in [0.25, 0.3) is 22.5 Å². The van der Waals surface area contributed by atoms with Crippen LogP contribution in [0.2, 0.25) is 0 Å². The van der Waals surface area contributed by atoms with E-state index in [1.54, 1.807) is 0 Å². The van der Waals surface area contributed by atoms with Gasteiger partial charge >= 0.3 is 169 Å². The molecule has 3 aromatic rings. The summed E-state index contributed by atoms with van der Waals surface area (Å²) in [6.07, 6.45) is 4.07. The molecule has 0 unspecified atom stereocenters. The van der Waals surface area contributed by atoms with Gasteiger partial charge in [-0.15, -0.1) is 0 Å². The molecule has 0 spiro atoms. The van der Waals surface area contributed by atoms with Gasteiger partial charge in [0.15, 0.2) is 0 Å². The number of carbonyl (C=O) groups is 1. The van der Waals surface area contributed by atoms with Crippen LogP contribution in [0.15, 0.2) is 66.9 Å². The van der Waals surface area contributed by atoms with E-state index in [1.165, 1.54) is 0 Å². The van der Waals surface area contributed by atoms with Crippen LogP contribution in [-0.4, -0.2) is 71.5 Å². The Morgan fingerprint density at radius 3 is 2.03 bits per heavy atom. The van der Waals surface area contributed by atoms with E-state index in [0.29, 0.717) is 6.04 Å². The summed E-state index contributed by atoms with van der Waals surface area (Å²) in [6, 6.07) is 21.0. The number of carbonyl (C=O) groups excluding carboxylic acids is 1. The number of hydrogen-bond donors (Lipinski definition) is 0. The number of carboxylic acid groups (broad SMARTS) is 1. The number of aromatic nitrogens is 2. The molecule has 0 bridgehead atoms. The molecule has 3 rings (SSSR count). The molecule has 0 saturated heterocycles. The topological polar surface area (TPSA) is 78.4 Å². The Labute approximate surface area is 215 Å². The molecule has 32 heavy (non-hydrogen) atoms. The van der Waals surface area contributed by atoms with Gasteiger partial charge in [0.25, 0.3) is 0 Å². The summed E-state index contributed by atoms with van der Waals surface area (Å²) in [6.45, 7) is 7.18. The summed E-state index contributed by atoms with van der Waals surface area (Å²) >= 11 is 0.904. The SMILES string of the molecule is CC(=O)[O-].CC(C)N(CCCC[O][Ca+])c1cnc(-c2ccccc2)c(-c2ccccc2)n1. The maximum atomic E-state index is 8.89. The van der Waals surface area contributed by atoms with Gasteiger partial charge in [-0.25, -0.2) is 0 Å². The van der Waals surface area contributed by atoms with Crippen molar-refractivity contribution in [3.8, 4) is 22.5 Å². The van der Waals surface area contributed by atoms with Crippen LogP contribution in [0.4, 0.5) is 5.82 Å². The fourth-order valence-corrected chi connectivity index (χ4v) is 3.57. The van der Waals surface area contributed by atoms with E-state index < -0.39 is 5.97 Å². The second-order valence-corrected chi connectivity index (χ2v) is 8.19. The first-order chi connectivity index (χ1) is 15.4. The normalized spacial score (nSPS) is 10.4. The molecule has 0 aliphatic heterocycles. The molecule has 0 N–H and O–H groups in total. The zero-order valence-electron chi connectivity index (χ0n) is 19.0. The molecule has 0 radical (unpaired) electrons. The van der Waals surface area contributed by atoms with Crippen molar-refractivity contribution >= 4 is 48.1 Å². The van der Waals surface area contributed by atoms with Crippen molar-refractivity contribution in [1.82, 2.24) is 9.97 Å². The number of aliphatic carboxylic acids is 1. The molecule has 1 heterocycles. The average Bonchev–Trinajstić information content (AvgIpc) is 2.79. The van der Waals surface area contributed by atoms with Crippen LogP contribution >= 0.6 is 0 Å². The molecule has 164 valence electrons. The molecular weight excluding hydrogens is 430 g/mol. The molecule has 0 aliphatic rings. The van der Waals surface area contributed by atoms with Crippen molar-refractivity contribution in [1.29, 1.82) is 0 Å².